The molecule has 0 saturated carbocycles. The van der Waals surface area contributed by atoms with Gasteiger partial charge in [-0.1, -0.05) is 60.7 Å². The zero-order chi connectivity index (χ0) is 25.3. The molecule has 0 aliphatic heterocycles. The van der Waals surface area contributed by atoms with E-state index in [0.29, 0.717) is 22.6 Å². The second kappa shape index (κ2) is 13.3. The Morgan fingerprint density at radius 2 is 0.919 bits per heavy atom. The van der Waals surface area contributed by atoms with E-state index in [-0.39, 0.29) is 28.3 Å². The first-order chi connectivity index (χ1) is 17.6. The standard InChI is InChI=1S/C30H28N2O4.Co/c1-35-27-17-9-5-13-23(27)29(31-19-21-11-3-7-15-25(21)33)30(24-14-6-10-18-28(24)36-2)32-20-22-12-4-8-16-26(22)34;/h3-20,29-30,33-34H,1-2H3;. The number of hydrogen-bond acceptors (Lipinski definition) is 6. The van der Waals surface area contributed by atoms with E-state index in [1.807, 2.05) is 60.7 Å². The number of nitrogens with zero attached hydrogens (tertiary/aromatic N) is 2. The van der Waals surface area contributed by atoms with Crippen LogP contribution in [-0.2, 0) is 16.8 Å². The molecule has 0 amide bonds. The summed E-state index contributed by atoms with van der Waals surface area (Å²) in [5, 5.41) is 20.6. The van der Waals surface area contributed by atoms with Crippen LogP contribution in [-0.4, -0.2) is 36.9 Å². The van der Waals surface area contributed by atoms with Crippen molar-refractivity contribution in [1.82, 2.24) is 0 Å². The molecule has 0 aromatic heterocycles. The van der Waals surface area contributed by atoms with E-state index in [2.05, 4.69) is 0 Å². The number of methoxy groups -OCH3 is 2. The van der Waals surface area contributed by atoms with Gasteiger partial charge in [-0.15, -0.1) is 0 Å². The molecule has 4 aromatic carbocycles. The predicted molar refractivity (Wildman–Crippen MR) is 143 cm³/mol. The molecule has 0 saturated heterocycles. The number of hydrogen-bond donors (Lipinski definition) is 2. The second-order valence-corrected chi connectivity index (χ2v) is 8.05. The molecule has 4 rings (SSSR count). The molecule has 2 atom stereocenters. The van der Waals surface area contributed by atoms with E-state index in [0.717, 1.165) is 11.1 Å². The third-order valence-electron chi connectivity index (χ3n) is 5.84. The van der Waals surface area contributed by atoms with Gasteiger partial charge in [0, 0.05) is 51.5 Å². The summed E-state index contributed by atoms with van der Waals surface area (Å²) >= 11 is 0. The van der Waals surface area contributed by atoms with Crippen molar-refractivity contribution in [3.8, 4) is 23.0 Å². The summed E-state index contributed by atoms with van der Waals surface area (Å²) in [6.07, 6.45) is 3.29. The van der Waals surface area contributed by atoms with E-state index >= 15 is 0 Å². The van der Waals surface area contributed by atoms with E-state index < -0.39 is 12.1 Å². The first-order valence-electron chi connectivity index (χ1n) is 11.5. The first-order valence-corrected chi connectivity index (χ1v) is 11.5. The molecule has 0 heterocycles. The van der Waals surface area contributed by atoms with Crippen molar-refractivity contribution in [2.24, 2.45) is 9.98 Å². The van der Waals surface area contributed by atoms with Crippen molar-refractivity contribution >= 4 is 12.4 Å². The van der Waals surface area contributed by atoms with E-state index in [4.69, 9.17) is 19.5 Å². The maximum absolute atomic E-state index is 10.3. The smallest absolute Gasteiger partial charge is 0.124 e. The molecular weight excluding hydrogens is 511 g/mol. The van der Waals surface area contributed by atoms with Crippen LogP contribution in [0.4, 0.5) is 0 Å². The molecular formula is C30H28CoN2O4. The SMILES string of the molecule is COc1ccccc1C(N=Cc1ccccc1O)C(N=Cc1ccccc1O)c1ccccc1OC.[Co]. The molecule has 0 bridgehead atoms. The van der Waals surface area contributed by atoms with Crippen molar-refractivity contribution in [1.29, 1.82) is 0 Å². The van der Waals surface area contributed by atoms with Crippen LogP contribution in [0.1, 0.15) is 34.3 Å². The Balaban J connectivity index is 0.00000380. The van der Waals surface area contributed by atoms with Crippen molar-refractivity contribution in [2.75, 3.05) is 14.2 Å². The van der Waals surface area contributed by atoms with Crippen LogP contribution in [0.3, 0.4) is 0 Å². The van der Waals surface area contributed by atoms with Gasteiger partial charge < -0.3 is 19.7 Å². The molecule has 191 valence electrons. The van der Waals surface area contributed by atoms with Gasteiger partial charge in [0.2, 0.25) is 0 Å². The Hall–Kier alpha value is -4.07. The fourth-order valence-corrected chi connectivity index (χ4v) is 4.00. The number of benzene rings is 4. The van der Waals surface area contributed by atoms with Crippen LogP contribution in [0.25, 0.3) is 0 Å². The number of aliphatic imine (C=N–C) groups is 2. The molecule has 0 spiro atoms. The quantitative estimate of drug-likeness (QED) is 0.251. The summed E-state index contributed by atoms with van der Waals surface area (Å²) in [5.41, 5.74) is 2.80. The summed E-state index contributed by atoms with van der Waals surface area (Å²) in [6.45, 7) is 0. The number of phenolic OH excluding ortho intramolecular Hbond substituents is 2. The molecule has 0 aliphatic carbocycles. The fraction of sp³-hybridized carbons (Fsp3) is 0.133. The molecule has 1 radical (unpaired) electrons. The molecule has 0 fully saturated rings. The predicted octanol–water partition coefficient (Wildman–Crippen LogP) is 6.13. The van der Waals surface area contributed by atoms with Crippen molar-refractivity contribution < 1.29 is 36.5 Å². The van der Waals surface area contributed by atoms with Crippen LogP contribution in [0.2, 0.25) is 0 Å². The minimum atomic E-state index is -0.542. The zero-order valence-electron chi connectivity index (χ0n) is 20.5. The second-order valence-electron chi connectivity index (χ2n) is 8.05. The Bertz CT molecular complexity index is 1270. The number of para-hydroxylation sites is 4. The maximum atomic E-state index is 10.3. The van der Waals surface area contributed by atoms with Gasteiger partial charge in [0.1, 0.15) is 35.1 Å². The molecule has 0 aliphatic rings. The van der Waals surface area contributed by atoms with Gasteiger partial charge in [0.25, 0.3) is 0 Å². The van der Waals surface area contributed by atoms with Crippen LogP contribution < -0.4 is 9.47 Å². The normalized spacial score (nSPS) is 12.7. The summed E-state index contributed by atoms with van der Waals surface area (Å²) < 4.78 is 11.4. The van der Waals surface area contributed by atoms with Gasteiger partial charge in [0.05, 0.1) is 14.2 Å². The van der Waals surface area contributed by atoms with Gasteiger partial charge in [-0.25, -0.2) is 0 Å². The molecule has 2 unspecified atom stereocenters. The maximum Gasteiger partial charge on any atom is 0.124 e. The van der Waals surface area contributed by atoms with Crippen LogP contribution in [0.5, 0.6) is 23.0 Å². The van der Waals surface area contributed by atoms with Gasteiger partial charge in [-0.05, 0) is 36.4 Å². The van der Waals surface area contributed by atoms with E-state index in [1.165, 1.54) is 0 Å². The van der Waals surface area contributed by atoms with Crippen LogP contribution >= 0.6 is 0 Å². The third-order valence-corrected chi connectivity index (χ3v) is 5.84. The van der Waals surface area contributed by atoms with Gasteiger partial charge in [-0.2, -0.15) is 0 Å². The van der Waals surface area contributed by atoms with E-state index in [9.17, 15) is 10.2 Å². The molecule has 6 nitrogen and oxygen atoms in total. The number of phenols is 2. The Labute approximate surface area is 227 Å². The van der Waals surface area contributed by atoms with Gasteiger partial charge >= 0.3 is 0 Å². The molecule has 7 heteroatoms. The Morgan fingerprint density at radius 3 is 1.30 bits per heavy atom. The first kappa shape index (κ1) is 27.5. The van der Waals surface area contributed by atoms with Crippen LogP contribution in [0, 0.1) is 0 Å². The summed E-state index contributed by atoms with van der Waals surface area (Å²) in [6, 6.07) is 28.2. The number of ether oxygens (including phenoxy) is 2. The van der Waals surface area contributed by atoms with Crippen molar-refractivity contribution in [3.05, 3.63) is 119 Å². The Morgan fingerprint density at radius 1 is 0.568 bits per heavy atom. The van der Waals surface area contributed by atoms with E-state index in [1.54, 1.807) is 63.0 Å². The summed E-state index contributed by atoms with van der Waals surface area (Å²) in [4.78, 5) is 9.85. The average molecular weight is 539 g/mol. The number of aromatic hydroxyl groups is 2. The van der Waals surface area contributed by atoms with Crippen molar-refractivity contribution in [2.45, 2.75) is 12.1 Å². The largest absolute Gasteiger partial charge is 0.507 e. The molecule has 37 heavy (non-hydrogen) atoms. The average Bonchev–Trinajstić information content (AvgIpc) is 2.92. The topological polar surface area (TPSA) is 83.6 Å². The summed E-state index contributed by atoms with van der Waals surface area (Å²) in [7, 11) is 3.23. The monoisotopic (exact) mass is 539 g/mol. The van der Waals surface area contributed by atoms with Crippen molar-refractivity contribution in [3.63, 3.8) is 0 Å². The Kier molecular flexibility index (Phi) is 9.89. The zero-order valence-corrected chi connectivity index (χ0v) is 21.5. The van der Waals surface area contributed by atoms with Crippen LogP contribution in [0.15, 0.2) is 107 Å². The fourth-order valence-electron chi connectivity index (χ4n) is 4.00. The molecule has 4 aromatic rings. The minimum absolute atomic E-state index is 0. The van der Waals surface area contributed by atoms with Gasteiger partial charge in [0.15, 0.2) is 0 Å². The minimum Gasteiger partial charge on any atom is -0.507 e. The molecule has 2 N–H and O–H groups in total. The number of rotatable bonds is 9. The van der Waals surface area contributed by atoms with Gasteiger partial charge in [-0.3, -0.25) is 9.98 Å². The third kappa shape index (κ3) is 6.58. The summed E-state index contributed by atoms with van der Waals surface area (Å²) in [5.74, 6) is 1.59.